The average Bonchev–Trinajstić information content (AvgIpc) is 1.54. The Bertz CT molecular complexity index is 6090. The summed E-state index contributed by atoms with van der Waals surface area (Å²) in [6, 6.07) is 28.2. The summed E-state index contributed by atoms with van der Waals surface area (Å²) >= 11 is 15.8. The normalized spacial score (nSPS) is 29.1. The molecule has 7 aromatic rings. The highest BCUT2D eigenvalue weighted by molar-refractivity contribution is 9.11. The fourth-order valence-corrected chi connectivity index (χ4v) is 24.7. The Labute approximate surface area is 807 Å². The van der Waals surface area contributed by atoms with Crippen molar-refractivity contribution in [3.8, 4) is 47.6 Å². The lowest BCUT2D eigenvalue weighted by Gasteiger charge is -2.34. The van der Waals surface area contributed by atoms with Crippen LogP contribution in [0.3, 0.4) is 0 Å². The molecule has 0 amide bonds. The molecule has 20 nitrogen and oxygen atoms in total. The monoisotopic (exact) mass is 2130 g/mol. The summed E-state index contributed by atoms with van der Waals surface area (Å²) in [4.78, 5) is 47.7. The number of nitrogens with two attached hydrogens (primary N) is 5. The van der Waals surface area contributed by atoms with Gasteiger partial charge in [0.1, 0.15) is 121 Å². The summed E-state index contributed by atoms with van der Waals surface area (Å²) in [5.41, 5.74) is 31.8. The number of pyridine rings is 2. The number of amidine groups is 5. The second kappa shape index (κ2) is 41.0. The number of methoxy groups -OCH3 is 1. The molecule has 5 aliphatic heterocycles. The second-order valence-electron chi connectivity index (χ2n) is 34.7. The van der Waals surface area contributed by atoms with E-state index < -0.39 is 142 Å². The first-order chi connectivity index (χ1) is 62.4. The molecule has 14 N–H and O–H groups in total. The molecule has 694 valence electrons. The number of terminal acetylenes is 2. The Kier molecular flexibility index (Phi) is 32.2. The van der Waals surface area contributed by atoms with Crippen molar-refractivity contribution in [3.05, 3.63) is 243 Å². The topological polar surface area (TPSA) is 334 Å². The zero-order valence-electron chi connectivity index (χ0n) is 72.0. The third kappa shape index (κ3) is 21.4. The molecule has 17 rings (SSSR count). The largest absolute Gasteiger partial charge is 0.468 e. The molecule has 0 spiro atoms. The summed E-state index contributed by atoms with van der Waals surface area (Å²) in [5, 5.41) is 39.4. The number of ether oxygens (including phenoxy) is 1. The highest BCUT2D eigenvalue weighted by Gasteiger charge is 2.75. The number of aliphatic hydroxyl groups is 4. The van der Waals surface area contributed by atoms with Gasteiger partial charge in [-0.15, -0.1) is 23.9 Å². The molecular formula is C92H91Br3F10N14O6S5Si2. The van der Waals surface area contributed by atoms with Crippen LogP contribution < -0.4 is 28.7 Å². The van der Waals surface area contributed by atoms with E-state index in [-0.39, 0.29) is 104 Å². The number of alkyl halides is 5. The number of hydrogen-bond acceptors (Lipinski definition) is 23. The predicted molar refractivity (Wildman–Crippen MR) is 521 cm³/mol. The van der Waals surface area contributed by atoms with Gasteiger partial charge < -0.3 is 53.8 Å². The Hall–Kier alpha value is -8.80. The minimum atomic E-state index is -1.58. The Morgan fingerprint density at radius 1 is 0.455 bits per heavy atom. The summed E-state index contributed by atoms with van der Waals surface area (Å²) in [6.45, 7) is 21.3. The molecule has 132 heavy (non-hydrogen) atoms. The van der Waals surface area contributed by atoms with Crippen molar-refractivity contribution in [1.29, 1.82) is 0 Å². The number of aliphatic imine (C=N–C) groups is 5. The van der Waals surface area contributed by atoms with E-state index >= 15 is 0 Å². The number of aromatic nitrogens is 2. The van der Waals surface area contributed by atoms with Crippen LogP contribution in [0.4, 0.5) is 55.3 Å². The molecule has 40 heteroatoms. The van der Waals surface area contributed by atoms with Crippen molar-refractivity contribution in [2.45, 2.75) is 123 Å². The zero-order chi connectivity index (χ0) is 96.9. The van der Waals surface area contributed by atoms with Crippen molar-refractivity contribution in [2.24, 2.45) is 83.2 Å². The number of benzene rings is 5. The van der Waals surface area contributed by atoms with Gasteiger partial charge in [-0.05, 0) is 157 Å². The number of nitrogens with zero attached hydrogens (tertiary/aromatic N) is 9. The van der Waals surface area contributed by atoms with Gasteiger partial charge in [-0.1, -0.05) is 160 Å². The predicted octanol–water partition coefficient (Wildman–Crippen LogP) is 17.2. The number of fused-ring (bicyclic) bond motifs is 5. The van der Waals surface area contributed by atoms with Gasteiger partial charge in [0, 0.05) is 95.4 Å². The van der Waals surface area contributed by atoms with Crippen LogP contribution in [0.2, 0.25) is 39.3 Å². The molecule has 15 atom stereocenters. The van der Waals surface area contributed by atoms with Crippen LogP contribution in [-0.2, 0) is 37.2 Å². The van der Waals surface area contributed by atoms with E-state index in [9.17, 15) is 69.1 Å². The lowest BCUT2D eigenvalue weighted by atomic mass is 9.84. The van der Waals surface area contributed by atoms with E-state index in [1.165, 1.54) is 133 Å². The molecular weight excluding hydrogens is 2040 g/mol. The Morgan fingerprint density at radius 2 is 0.773 bits per heavy atom. The Balaban J connectivity index is 0.000000154. The number of carbonyl (C=O) groups excluding carboxylic acids is 1. The van der Waals surface area contributed by atoms with Crippen LogP contribution in [0.15, 0.2) is 166 Å². The van der Waals surface area contributed by atoms with Crippen molar-refractivity contribution in [3.63, 3.8) is 0 Å². The second-order valence-corrected chi connectivity index (χ2v) is 54.0. The maximum absolute atomic E-state index is 14.7. The number of esters is 1. The van der Waals surface area contributed by atoms with Gasteiger partial charge in [-0.3, -0.25) is 14.8 Å². The summed E-state index contributed by atoms with van der Waals surface area (Å²) in [7, 11) is -1.42. The quantitative estimate of drug-likeness (QED) is 0.0115. The lowest BCUT2D eigenvalue weighted by Crippen LogP contribution is -2.43. The third-order valence-electron chi connectivity index (χ3n) is 23.9. The van der Waals surface area contributed by atoms with Gasteiger partial charge in [0.15, 0.2) is 25.8 Å². The first-order valence-electron chi connectivity index (χ1n) is 40.6. The molecule has 2 aromatic heterocycles. The van der Waals surface area contributed by atoms with Gasteiger partial charge >= 0.3 is 5.97 Å². The molecule has 7 heterocycles. The molecule has 0 saturated heterocycles. The first kappa shape index (κ1) is 104. The van der Waals surface area contributed by atoms with Crippen LogP contribution in [0.5, 0.6) is 0 Å². The van der Waals surface area contributed by atoms with Crippen molar-refractivity contribution >= 4 is 166 Å². The molecule has 0 bridgehead atoms. The number of hydrogen-bond donors (Lipinski definition) is 9. The standard InChI is InChI=1S/C21H16F2N4OS.C18H22F2N2OSSi.C15H14F2N2OS.C14H13BrF2N2O2S.C13H13BrF2N2OS.C6H3BrN2.C5H10Si/c1-25-15-6-5-14(26-10-15)4-2-13-3-7-17(23)16(8-13)21(11-22)18-9-20(18,12-28)29-19(24)27-21;1-25(2,3)7-6-12-4-5-14(20)13(8-12)18(10-19)15-9-17(15,11-23)24-16(21)22-18;1-2-9-3-4-11(17)10(5-9)15(7-16)12-6-14(12,8-20)21-13(18)19-15;1-21-11(20)14-5-10(14)13(6-16,19-12(18)22-14)8-4-7(15)2-3-9(8)17;14-7-1-2-9(16)8(3-7)13(5-15)10-4-12(10,6-19)20-11(17)18-13;1-8-5-2-3-6(7)9-4-5;1-5-6(2,3)4/h3,5-8,10,18,28H,9,11-12H2,(H2,24,27);4-5,8,15,23H,9-11H2,1-3H3,(H2,21,22);1,3-5,12,20H,6-8H2,(H2,18,19);2-4,10H,5-6H2,1H3,(H2,18,19);1-3,10,19H,4-6H2,(H2,17,18);2-4H;1H,2-4H3/t18-,20-,21-;15-,17-,18-;12-,14-,15-;10-,13+,14-;10-,12-,13-;;/m11101../s1. The third-order valence-corrected chi connectivity index (χ3v) is 33.5. The van der Waals surface area contributed by atoms with Gasteiger partial charge in [-0.2, -0.15) is 0 Å². The van der Waals surface area contributed by atoms with Crippen molar-refractivity contribution in [2.75, 3.05) is 66.9 Å². The van der Waals surface area contributed by atoms with Crippen LogP contribution in [0, 0.1) is 119 Å². The smallest absolute Gasteiger partial charge is 0.322 e. The fraction of sp³-hybridized carbons (Fsp3) is 0.391. The van der Waals surface area contributed by atoms with E-state index in [0.29, 0.717) is 74.8 Å². The summed E-state index contributed by atoms with van der Waals surface area (Å²) in [5.74, 6) is 6.38. The number of aliphatic hydroxyl groups excluding tert-OH is 4. The number of carbonyl (C=O) groups is 1. The molecule has 10 aliphatic rings. The minimum absolute atomic E-state index is 0.0659. The lowest BCUT2D eigenvalue weighted by molar-refractivity contribution is -0.141. The van der Waals surface area contributed by atoms with Gasteiger partial charge in [0.2, 0.25) is 11.4 Å². The van der Waals surface area contributed by atoms with Crippen LogP contribution in [0.25, 0.3) is 9.69 Å². The van der Waals surface area contributed by atoms with Crippen LogP contribution >= 0.6 is 107 Å². The average molecular weight is 2140 g/mol. The van der Waals surface area contributed by atoms with Crippen LogP contribution in [0.1, 0.15) is 82.3 Å². The maximum Gasteiger partial charge on any atom is 0.322 e. The summed E-state index contributed by atoms with van der Waals surface area (Å²) < 4.78 is 146. The van der Waals surface area contributed by atoms with Gasteiger partial charge in [0.05, 0.1) is 65.7 Å². The van der Waals surface area contributed by atoms with E-state index in [0.717, 1.165) is 16.4 Å². The molecule has 0 unspecified atom stereocenters. The maximum atomic E-state index is 14.7. The number of thioether (sulfide) groups is 5. The molecule has 5 fully saturated rings. The number of halogens is 13. The van der Waals surface area contributed by atoms with Crippen LogP contribution in [-0.4, -0.2) is 169 Å². The fourth-order valence-electron chi connectivity index (χ4n) is 16.7. The highest BCUT2D eigenvalue weighted by atomic mass is 79.9. The van der Waals surface area contributed by atoms with E-state index in [1.54, 1.807) is 48.5 Å². The van der Waals surface area contributed by atoms with Gasteiger partial charge in [0.25, 0.3) is 0 Å². The van der Waals surface area contributed by atoms with E-state index in [4.69, 9.17) is 59.4 Å². The summed E-state index contributed by atoms with van der Waals surface area (Å²) in [6.07, 6.45) is 15.9. The van der Waals surface area contributed by atoms with E-state index in [1.807, 2.05) is 0 Å². The number of rotatable bonds is 15. The molecule has 5 saturated carbocycles. The molecule has 0 radical (unpaired) electrons. The van der Waals surface area contributed by atoms with Gasteiger partial charge in [-0.25, -0.2) is 78.6 Å². The zero-order valence-corrected chi connectivity index (χ0v) is 82.9. The Morgan fingerprint density at radius 3 is 1.08 bits per heavy atom. The van der Waals surface area contributed by atoms with Crippen molar-refractivity contribution in [1.82, 2.24) is 9.97 Å². The molecule has 5 aromatic carbocycles. The van der Waals surface area contributed by atoms with E-state index in [2.05, 4.69) is 166 Å². The highest BCUT2D eigenvalue weighted by Crippen LogP contribution is 2.71. The molecule has 5 aliphatic carbocycles. The van der Waals surface area contributed by atoms with Crippen molar-refractivity contribution < 1.29 is 73.9 Å². The first-order valence-corrected chi connectivity index (χ1v) is 54.0. The minimum Gasteiger partial charge on any atom is -0.468 e. The SMILES string of the molecule is C#C[Si](C)(C)C.C#Cc1ccc(F)c([C@@]2(CF)N=C(N)S[C@@]3(CO)C[C@H]32)c1.COC(=O)[C@]12C[C@H]1[C@@](CF)(c1cc(Br)ccc1F)N=C(N)S2.C[Si](C)(C)C#Cc1ccc(F)c([C@@]2(CF)N=C(N)S[C@@]3(CO)C[C@H]32)c1.NC1=N[C@](CF)(c2cc(Br)ccc2F)[C@@H]2C[C@]2(CO)S1.[C-]#[N+]c1ccc(Br)nc1.[C-]#[N+]c1ccc(C#Cc2ccc(F)c([C@@]3(CF)N=C(N)S[C@@]4(CO)C[C@H]43)c2)nc1.